The van der Waals surface area contributed by atoms with Gasteiger partial charge in [-0.05, 0) is 36.5 Å². The Morgan fingerprint density at radius 1 is 1.33 bits per heavy atom. The Hall–Kier alpha value is -1.62. The van der Waals surface area contributed by atoms with E-state index in [4.69, 9.17) is 16.7 Å². The average Bonchev–Trinajstić information content (AvgIpc) is 2.42. The van der Waals surface area contributed by atoms with Crippen LogP contribution in [0.3, 0.4) is 0 Å². The maximum absolute atomic E-state index is 13.0. The molecule has 0 spiro atoms. The number of carbonyl (C=O) groups excluding carboxylic acids is 1. The van der Waals surface area contributed by atoms with Gasteiger partial charge < -0.3 is 10.0 Å². The summed E-state index contributed by atoms with van der Waals surface area (Å²) in [7, 11) is 0. The van der Waals surface area contributed by atoms with Crippen molar-refractivity contribution in [2.24, 2.45) is 5.92 Å². The topological polar surface area (TPSA) is 57.6 Å². The first-order chi connectivity index (χ1) is 9.95. The van der Waals surface area contributed by atoms with Crippen LogP contribution in [0.25, 0.3) is 0 Å². The number of carbonyl (C=O) groups is 2. The number of piperidine rings is 1. The van der Waals surface area contributed by atoms with Crippen molar-refractivity contribution in [2.45, 2.75) is 25.7 Å². The molecule has 1 N–H and O–H groups in total. The SMILES string of the molecule is O=C(O)CC1CCN(C(=O)Cc2ccc(F)cc2Cl)CC1. The van der Waals surface area contributed by atoms with Crippen LogP contribution in [0.2, 0.25) is 5.02 Å². The molecule has 114 valence electrons. The van der Waals surface area contributed by atoms with E-state index in [2.05, 4.69) is 0 Å². The van der Waals surface area contributed by atoms with Crippen molar-refractivity contribution in [3.05, 3.63) is 34.6 Å². The van der Waals surface area contributed by atoms with Gasteiger partial charge in [-0.25, -0.2) is 4.39 Å². The van der Waals surface area contributed by atoms with Gasteiger partial charge in [0, 0.05) is 24.5 Å². The Morgan fingerprint density at radius 2 is 2.00 bits per heavy atom. The highest BCUT2D eigenvalue weighted by Crippen LogP contribution is 2.23. The molecule has 0 bridgehead atoms. The first kappa shape index (κ1) is 15.8. The summed E-state index contributed by atoms with van der Waals surface area (Å²) in [5.74, 6) is -1.14. The lowest BCUT2D eigenvalue weighted by molar-refractivity contribution is -0.138. The number of carboxylic acids is 1. The number of carboxylic acid groups (broad SMARTS) is 1. The molecule has 0 radical (unpaired) electrons. The zero-order valence-electron chi connectivity index (χ0n) is 11.5. The van der Waals surface area contributed by atoms with Crippen LogP contribution in [0, 0.1) is 11.7 Å². The second-order valence-corrected chi connectivity index (χ2v) is 5.74. The third kappa shape index (κ3) is 4.43. The molecule has 1 fully saturated rings. The minimum absolute atomic E-state index is 0.0581. The summed E-state index contributed by atoms with van der Waals surface area (Å²) in [6.45, 7) is 1.13. The Morgan fingerprint density at radius 3 is 2.57 bits per heavy atom. The molecule has 2 rings (SSSR count). The third-order valence-corrected chi connectivity index (χ3v) is 4.14. The molecule has 6 heteroatoms. The second-order valence-electron chi connectivity index (χ2n) is 5.33. The summed E-state index contributed by atoms with van der Waals surface area (Å²) < 4.78 is 13.0. The first-order valence-electron chi connectivity index (χ1n) is 6.89. The van der Waals surface area contributed by atoms with Crippen molar-refractivity contribution in [1.82, 2.24) is 4.90 Å². The standard InChI is InChI=1S/C15H17ClFNO3/c16-13-9-12(17)2-1-11(13)8-14(19)18-5-3-10(4-6-18)7-15(20)21/h1-2,9-10H,3-8H2,(H,20,21). The minimum atomic E-state index is -0.794. The smallest absolute Gasteiger partial charge is 0.303 e. The Balaban J connectivity index is 1.89. The van der Waals surface area contributed by atoms with E-state index in [1.165, 1.54) is 18.2 Å². The summed E-state index contributed by atoms with van der Waals surface area (Å²) >= 11 is 5.92. The minimum Gasteiger partial charge on any atom is -0.481 e. The zero-order chi connectivity index (χ0) is 15.4. The number of nitrogens with zero attached hydrogens (tertiary/aromatic N) is 1. The Bertz CT molecular complexity index is 542. The number of hydrogen-bond acceptors (Lipinski definition) is 2. The molecule has 1 aromatic carbocycles. The molecule has 1 aliphatic heterocycles. The van der Waals surface area contributed by atoms with Crippen LogP contribution in [-0.4, -0.2) is 35.0 Å². The lowest BCUT2D eigenvalue weighted by Gasteiger charge is -2.31. The fourth-order valence-electron chi connectivity index (χ4n) is 2.57. The summed E-state index contributed by atoms with van der Waals surface area (Å²) in [5, 5.41) is 9.02. The number of amides is 1. The average molecular weight is 314 g/mol. The van der Waals surface area contributed by atoms with Gasteiger partial charge in [0.25, 0.3) is 0 Å². The van der Waals surface area contributed by atoms with Crippen molar-refractivity contribution in [3.63, 3.8) is 0 Å². The molecule has 0 unspecified atom stereocenters. The number of rotatable bonds is 4. The van der Waals surface area contributed by atoms with Crippen LogP contribution < -0.4 is 0 Å². The lowest BCUT2D eigenvalue weighted by Crippen LogP contribution is -2.39. The van der Waals surface area contributed by atoms with E-state index in [-0.39, 0.29) is 29.7 Å². The fourth-order valence-corrected chi connectivity index (χ4v) is 2.81. The highest BCUT2D eigenvalue weighted by Gasteiger charge is 2.24. The molecule has 0 atom stereocenters. The van der Waals surface area contributed by atoms with Crippen molar-refractivity contribution >= 4 is 23.5 Å². The summed E-state index contributed by atoms with van der Waals surface area (Å²) in [6.07, 6.45) is 1.71. The van der Waals surface area contributed by atoms with Gasteiger partial charge in [0.15, 0.2) is 0 Å². The molecule has 1 heterocycles. The number of hydrogen-bond donors (Lipinski definition) is 1. The van der Waals surface area contributed by atoms with E-state index in [1.54, 1.807) is 4.90 Å². The van der Waals surface area contributed by atoms with E-state index in [9.17, 15) is 14.0 Å². The monoisotopic (exact) mass is 313 g/mol. The van der Waals surface area contributed by atoms with Gasteiger partial charge in [0.2, 0.25) is 5.91 Å². The number of benzene rings is 1. The van der Waals surface area contributed by atoms with Crippen molar-refractivity contribution < 1.29 is 19.1 Å². The quantitative estimate of drug-likeness (QED) is 0.930. The molecule has 1 aliphatic rings. The van der Waals surface area contributed by atoms with Crippen molar-refractivity contribution in [3.8, 4) is 0 Å². The van der Waals surface area contributed by atoms with Gasteiger partial charge in [-0.1, -0.05) is 17.7 Å². The van der Waals surface area contributed by atoms with Gasteiger partial charge in [0.05, 0.1) is 6.42 Å². The van der Waals surface area contributed by atoms with Crippen LogP contribution >= 0.6 is 11.6 Å². The van der Waals surface area contributed by atoms with E-state index in [1.807, 2.05) is 0 Å². The molecule has 4 nitrogen and oxygen atoms in total. The van der Waals surface area contributed by atoms with Crippen molar-refractivity contribution in [1.29, 1.82) is 0 Å². The number of aliphatic carboxylic acids is 1. The number of likely N-dealkylation sites (tertiary alicyclic amines) is 1. The van der Waals surface area contributed by atoms with E-state index >= 15 is 0 Å². The van der Waals surface area contributed by atoms with E-state index in [0.717, 1.165) is 0 Å². The van der Waals surface area contributed by atoms with Gasteiger partial charge in [-0.2, -0.15) is 0 Å². The van der Waals surface area contributed by atoms with E-state index < -0.39 is 11.8 Å². The summed E-state index contributed by atoms with van der Waals surface area (Å²) in [5.41, 5.74) is 0.607. The summed E-state index contributed by atoms with van der Waals surface area (Å²) in [6, 6.07) is 4.00. The molecule has 0 aromatic heterocycles. The molecule has 0 aliphatic carbocycles. The maximum atomic E-state index is 13.0. The Kier molecular flexibility index (Phi) is 5.17. The molecular formula is C15H17ClFNO3. The van der Waals surface area contributed by atoms with Crippen LogP contribution in [0.4, 0.5) is 4.39 Å². The van der Waals surface area contributed by atoms with Crippen LogP contribution in [0.1, 0.15) is 24.8 Å². The highest BCUT2D eigenvalue weighted by atomic mass is 35.5. The normalized spacial score (nSPS) is 16.0. The molecule has 1 saturated heterocycles. The lowest BCUT2D eigenvalue weighted by atomic mass is 9.93. The van der Waals surface area contributed by atoms with Crippen LogP contribution in [0.15, 0.2) is 18.2 Å². The van der Waals surface area contributed by atoms with Gasteiger partial charge in [-0.3, -0.25) is 9.59 Å². The molecular weight excluding hydrogens is 297 g/mol. The van der Waals surface area contributed by atoms with Crippen LogP contribution in [-0.2, 0) is 16.0 Å². The van der Waals surface area contributed by atoms with Crippen molar-refractivity contribution in [2.75, 3.05) is 13.1 Å². The van der Waals surface area contributed by atoms with Gasteiger partial charge in [-0.15, -0.1) is 0 Å². The van der Waals surface area contributed by atoms with Gasteiger partial charge >= 0.3 is 5.97 Å². The highest BCUT2D eigenvalue weighted by molar-refractivity contribution is 6.31. The first-order valence-corrected chi connectivity index (χ1v) is 7.27. The van der Waals surface area contributed by atoms with Gasteiger partial charge in [0.1, 0.15) is 5.82 Å². The third-order valence-electron chi connectivity index (χ3n) is 3.79. The molecule has 21 heavy (non-hydrogen) atoms. The maximum Gasteiger partial charge on any atom is 0.303 e. The zero-order valence-corrected chi connectivity index (χ0v) is 12.3. The molecule has 1 aromatic rings. The van der Waals surface area contributed by atoms with E-state index in [0.29, 0.717) is 31.5 Å². The summed E-state index contributed by atoms with van der Waals surface area (Å²) in [4.78, 5) is 24.6. The Labute approximate surface area is 127 Å². The second kappa shape index (κ2) is 6.89. The predicted molar refractivity (Wildman–Crippen MR) is 76.7 cm³/mol. The molecule has 1 amide bonds. The molecule has 0 saturated carbocycles. The number of halogens is 2. The largest absolute Gasteiger partial charge is 0.481 e. The van der Waals surface area contributed by atoms with Crippen LogP contribution in [0.5, 0.6) is 0 Å². The fraction of sp³-hybridized carbons (Fsp3) is 0.467. The predicted octanol–water partition coefficient (Wildman–Crippen LogP) is 2.73.